The minimum absolute atomic E-state index is 0.152. The van der Waals surface area contributed by atoms with Gasteiger partial charge in [-0.2, -0.15) is 11.8 Å². The zero-order valence-electron chi connectivity index (χ0n) is 10.6. The number of hydrogen-bond donors (Lipinski definition) is 2. The molecule has 0 saturated heterocycles. The molecule has 100 valence electrons. The first kappa shape index (κ1) is 14.7. The Kier molecular flexibility index (Phi) is 5.36. The summed E-state index contributed by atoms with van der Waals surface area (Å²) in [5, 5.41) is 20.5. The molecule has 0 spiro atoms. The molecule has 6 nitrogen and oxygen atoms in total. The number of thioether (sulfide) groups is 1. The number of ether oxygens (including phenoxy) is 1. The van der Waals surface area contributed by atoms with Crippen LogP contribution in [0.3, 0.4) is 0 Å². The largest absolute Gasteiger partial charge is 0.464 e. The second kappa shape index (κ2) is 6.55. The number of nitrogens with zero attached hydrogens (tertiary/aromatic N) is 2. The molecule has 0 aliphatic rings. The molecule has 18 heavy (non-hydrogen) atoms. The average molecular weight is 271 g/mol. The summed E-state index contributed by atoms with van der Waals surface area (Å²) in [6.45, 7) is 2.10. The highest BCUT2D eigenvalue weighted by atomic mass is 32.2. The standard InChI is InChI=1S/C11H17N3O3S/c1-11(16,7-18-3)6-12-9-5-4-8(13-14-9)10(15)17-2/h4-5,16H,6-7H2,1-3H3,(H,12,14). The van der Waals surface area contributed by atoms with E-state index < -0.39 is 11.6 Å². The summed E-state index contributed by atoms with van der Waals surface area (Å²) in [6, 6.07) is 3.14. The molecule has 1 atom stereocenters. The number of esters is 1. The fourth-order valence-electron chi connectivity index (χ4n) is 1.28. The predicted octanol–water partition coefficient (Wildman–Crippen LogP) is 0.789. The van der Waals surface area contributed by atoms with Crippen LogP contribution in [0, 0.1) is 0 Å². The van der Waals surface area contributed by atoms with Gasteiger partial charge in [-0.15, -0.1) is 10.2 Å². The molecule has 0 fully saturated rings. The lowest BCUT2D eigenvalue weighted by Crippen LogP contribution is -2.36. The van der Waals surface area contributed by atoms with Crippen LogP contribution < -0.4 is 5.32 Å². The highest BCUT2D eigenvalue weighted by Crippen LogP contribution is 2.12. The van der Waals surface area contributed by atoms with Gasteiger partial charge in [0.05, 0.1) is 12.7 Å². The van der Waals surface area contributed by atoms with Crippen molar-refractivity contribution in [3.05, 3.63) is 17.8 Å². The van der Waals surface area contributed by atoms with Gasteiger partial charge in [-0.3, -0.25) is 0 Å². The Balaban J connectivity index is 2.56. The Morgan fingerprint density at radius 3 is 2.78 bits per heavy atom. The van der Waals surface area contributed by atoms with Crippen molar-refractivity contribution >= 4 is 23.5 Å². The highest BCUT2D eigenvalue weighted by molar-refractivity contribution is 7.98. The Bertz CT molecular complexity index is 395. The quantitative estimate of drug-likeness (QED) is 0.740. The van der Waals surface area contributed by atoms with E-state index in [0.717, 1.165) is 0 Å². The number of carbonyl (C=O) groups is 1. The van der Waals surface area contributed by atoms with Gasteiger partial charge < -0.3 is 15.2 Å². The molecule has 0 bridgehead atoms. The minimum atomic E-state index is -0.817. The Morgan fingerprint density at radius 1 is 1.56 bits per heavy atom. The fourth-order valence-corrected chi connectivity index (χ4v) is 2.01. The molecule has 0 amide bonds. The molecular weight excluding hydrogens is 254 g/mol. The summed E-state index contributed by atoms with van der Waals surface area (Å²) in [5.41, 5.74) is -0.666. The molecule has 1 heterocycles. The van der Waals surface area contributed by atoms with Gasteiger partial charge in [0.15, 0.2) is 5.69 Å². The number of carbonyl (C=O) groups excluding carboxylic acids is 1. The number of methoxy groups -OCH3 is 1. The van der Waals surface area contributed by atoms with E-state index in [0.29, 0.717) is 18.1 Å². The summed E-state index contributed by atoms with van der Waals surface area (Å²) in [4.78, 5) is 11.1. The maximum Gasteiger partial charge on any atom is 0.358 e. The van der Waals surface area contributed by atoms with Crippen LogP contribution in [0.1, 0.15) is 17.4 Å². The van der Waals surface area contributed by atoms with Crippen LogP contribution >= 0.6 is 11.8 Å². The van der Waals surface area contributed by atoms with E-state index in [1.54, 1.807) is 24.8 Å². The zero-order valence-corrected chi connectivity index (χ0v) is 11.5. The van der Waals surface area contributed by atoms with Crippen LogP contribution in [0.15, 0.2) is 12.1 Å². The van der Waals surface area contributed by atoms with Gasteiger partial charge in [0, 0.05) is 12.3 Å². The van der Waals surface area contributed by atoms with Crippen LogP contribution in [-0.2, 0) is 4.74 Å². The molecule has 2 N–H and O–H groups in total. The maximum absolute atomic E-state index is 11.1. The summed E-state index contributed by atoms with van der Waals surface area (Å²) < 4.78 is 4.52. The number of aromatic nitrogens is 2. The monoisotopic (exact) mass is 271 g/mol. The van der Waals surface area contributed by atoms with Crippen LogP contribution in [0.4, 0.5) is 5.82 Å². The first-order valence-electron chi connectivity index (χ1n) is 5.36. The molecule has 1 aromatic heterocycles. The smallest absolute Gasteiger partial charge is 0.358 e. The predicted molar refractivity (Wildman–Crippen MR) is 70.9 cm³/mol. The van der Waals surface area contributed by atoms with E-state index in [2.05, 4.69) is 20.3 Å². The first-order chi connectivity index (χ1) is 8.48. The van der Waals surface area contributed by atoms with Gasteiger partial charge in [-0.05, 0) is 25.3 Å². The average Bonchev–Trinajstić information content (AvgIpc) is 2.36. The van der Waals surface area contributed by atoms with Crippen molar-refractivity contribution in [3.63, 3.8) is 0 Å². The SMILES string of the molecule is COC(=O)c1ccc(NCC(C)(O)CSC)nn1. The lowest BCUT2D eigenvalue weighted by molar-refractivity contribution is 0.0592. The summed E-state index contributed by atoms with van der Waals surface area (Å²) in [5.74, 6) is 0.598. The normalized spacial score (nSPS) is 13.8. The summed E-state index contributed by atoms with van der Waals surface area (Å²) in [6.07, 6.45) is 1.93. The molecule has 0 radical (unpaired) electrons. The summed E-state index contributed by atoms with van der Waals surface area (Å²) >= 11 is 1.57. The third-order valence-electron chi connectivity index (χ3n) is 2.16. The number of aliphatic hydroxyl groups is 1. The van der Waals surface area contributed by atoms with E-state index in [9.17, 15) is 9.90 Å². The second-order valence-electron chi connectivity index (χ2n) is 4.08. The van der Waals surface area contributed by atoms with Crippen molar-refractivity contribution < 1.29 is 14.6 Å². The van der Waals surface area contributed by atoms with Gasteiger partial charge in [-0.25, -0.2) is 4.79 Å². The molecular formula is C11H17N3O3S. The molecule has 0 aliphatic heterocycles. The van der Waals surface area contributed by atoms with Crippen molar-refractivity contribution in [1.82, 2.24) is 10.2 Å². The Hall–Kier alpha value is -1.34. The molecule has 1 aromatic rings. The van der Waals surface area contributed by atoms with Gasteiger partial charge in [0.25, 0.3) is 0 Å². The molecule has 1 rings (SSSR count). The fraction of sp³-hybridized carbons (Fsp3) is 0.545. The van der Waals surface area contributed by atoms with Gasteiger partial charge in [0.1, 0.15) is 5.82 Å². The number of rotatable bonds is 6. The molecule has 0 aromatic carbocycles. The van der Waals surface area contributed by atoms with E-state index in [-0.39, 0.29) is 5.69 Å². The van der Waals surface area contributed by atoms with Gasteiger partial charge in [-0.1, -0.05) is 0 Å². The highest BCUT2D eigenvalue weighted by Gasteiger charge is 2.19. The van der Waals surface area contributed by atoms with Crippen molar-refractivity contribution in [2.75, 3.05) is 31.0 Å². The second-order valence-corrected chi connectivity index (χ2v) is 4.94. The third-order valence-corrected chi connectivity index (χ3v) is 3.08. The maximum atomic E-state index is 11.1. The molecule has 7 heteroatoms. The van der Waals surface area contributed by atoms with Gasteiger partial charge in [0.2, 0.25) is 0 Å². The van der Waals surface area contributed by atoms with E-state index in [4.69, 9.17) is 0 Å². The summed E-state index contributed by atoms with van der Waals surface area (Å²) in [7, 11) is 1.29. The Labute approximate surface area is 110 Å². The van der Waals surface area contributed by atoms with E-state index in [1.807, 2.05) is 6.26 Å². The topological polar surface area (TPSA) is 84.3 Å². The van der Waals surface area contributed by atoms with Gasteiger partial charge >= 0.3 is 5.97 Å². The minimum Gasteiger partial charge on any atom is -0.464 e. The van der Waals surface area contributed by atoms with Crippen LogP contribution in [0.2, 0.25) is 0 Å². The molecule has 0 saturated carbocycles. The molecule has 1 unspecified atom stereocenters. The molecule has 0 aliphatic carbocycles. The van der Waals surface area contributed by atoms with Crippen molar-refractivity contribution in [3.8, 4) is 0 Å². The van der Waals surface area contributed by atoms with Crippen molar-refractivity contribution in [2.45, 2.75) is 12.5 Å². The Morgan fingerprint density at radius 2 is 2.28 bits per heavy atom. The lowest BCUT2D eigenvalue weighted by atomic mass is 10.1. The number of nitrogens with one attached hydrogen (secondary N) is 1. The first-order valence-corrected chi connectivity index (χ1v) is 6.75. The zero-order chi connectivity index (χ0) is 13.6. The van der Waals surface area contributed by atoms with E-state index >= 15 is 0 Å². The van der Waals surface area contributed by atoms with Crippen LogP contribution in [0.25, 0.3) is 0 Å². The number of hydrogen-bond acceptors (Lipinski definition) is 7. The number of anilines is 1. The van der Waals surface area contributed by atoms with Crippen molar-refractivity contribution in [2.24, 2.45) is 0 Å². The third kappa shape index (κ3) is 4.50. The van der Waals surface area contributed by atoms with Crippen LogP contribution in [-0.4, -0.2) is 52.5 Å². The lowest BCUT2D eigenvalue weighted by Gasteiger charge is -2.22. The van der Waals surface area contributed by atoms with Crippen LogP contribution in [0.5, 0.6) is 0 Å². The van der Waals surface area contributed by atoms with E-state index in [1.165, 1.54) is 13.2 Å². The van der Waals surface area contributed by atoms with Crippen molar-refractivity contribution in [1.29, 1.82) is 0 Å².